The topological polar surface area (TPSA) is 38.3 Å². The summed E-state index contributed by atoms with van der Waals surface area (Å²) in [7, 11) is 0. The second-order valence-corrected chi connectivity index (χ2v) is 3.68. The van der Waals surface area contributed by atoms with E-state index in [0.29, 0.717) is 12.2 Å². The second-order valence-electron chi connectivity index (χ2n) is 3.68. The zero-order valence-corrected chi connectivity index (χ0v) is 8.88. The van der Waals surface area contributed by atoms with E-state index in [1.807, 2.05) is 25.1 Å². The molecule has 1 aromatic rings. The number of hydrogen-bond acceptors (Lipinski definition) is 3. The van der Waals surface area contributed by atoms with Gasteiger partial charge in [0.15, 0.2) is 0 Å². The van der Waals surface area contributed by atoms with Crippen LogP contribution in [-0.4, -0.2) is 19.1 Å². The van der Waals surface area contributed by atoms with Crippen LogP contribution in [0.15, 0.2) is 18.2 Å². The minimum Gasteiger partial charge on any atom is -0.462 e. The van der Waals surface area contributed by atoms with E-state index in [-0.39, 0.29) is 5.97 Å². The van der Waals surface area contributed by atoms with Crippen molar-refractivity contribution in [1.29, 1.82) is 0 Å². The lowest BCUT2D eigenvalue weighted by Gasteiger charge is -2.05. The number of esters is 1. The third-order valence-electron chi connectivity index (χ3n) is 2.49. The lowest BCUT2D eigenvalue weighted by molar-refractivity contribution is 0.0505. The van der Waals surface area contributed by atoms with Crippen molar-refractivity contribution in [3.63, 3.8) is 0 Å². The van der Waals surface area contributed by atoms with Crippen LogP contribution in [0.2, 0.25) is 0 Å². The van der Waals surface area contributed by atoms with Crippen molar-refractivity contribution >= 4 is 11.7 Å². The molecule has 0 atom stereocenters. The first kappa shape index (κ1) is 10.0. The summed E-state index contributed by atoms with van der Waals surface area (Å²) in [4.78, 5) is 11.6. The maximum atomic E-state index is 11.6. The fraction of sp³-hybridized carbons (Fsp3) is 0.417. The molecule has 15 heavy (non-hydrogen) atoms. The van der Waals surface area contributed by atoms with Gasteiger partial charge in [0.2, 0.25) is 0 Å². The highest BCUT2D eigenvalue weighted by Gasteiger charge is 2.13. The maximum absolute atomic E-state index is 11.6. The minimum absolute atomic E-state index is 0.216. The molecule has 1 heterocycles. The van der Waals surface area contributed by atoms with E-state index in [1.54, 1.807) is 0 Å². The van der Waals surface area contributed by atoms with Gasteiger partial charge in [-0.1, -0.05) is 6.92 Å². The molecule has 0 bridgehead atoms. The van der Waals surface area contributed by atoms with Gasteiger partial charge in [0.05, 0.1) is 12.2 Å². The minimum atomic E-state index is -0.216. The third-order valence-corrected chi connectivity index (χ3v) is 2.49. The van der Waals surface area contributed by atoms with Crippen molar-refractivity contribution in [2.24, 2.45) is 0 Å². The quantitative estimate of drug-likeness (QED) is 0.769. The molecule has 0 saturated heterocycles. The number of ether oxygens (including phenoxy) is 1. The molecule has 0 amide bonds. The van der Waals surface area contributed by atoms with Gasteiger partial charge in [0, 0.05) is 12.2 Å². The Bertz CT molecular complexity index is 374. The van der Waals surface area contributed by atoms with E-state index in [2.05, 4.69) is 5.32 Å². The Kier molecular flexibility index (Phi) is 2.90. The molecule has 0 spiro atoms. The van der Waals surface area contributed by atoms with Gasteiger partial charge in [-0.15, -0.1) is 0 Å². The van der Waals surface area contributed by atoms with E-state index < -0.39 is 0 Å². The standard InChI is InChI=1S/C12H15NO2/c1-2-7-15-12(14)10-3-4-11-9(8-10)5-6-13-11/h3-4,8,13H,2,5-7H2,1H3. The number of rotatable bonds is 3. The molecule has 0 unspecified atom stereocenters. The van der Waals surface area contributed by atoms with E-state index in [1.165, 1.54) is 5.56 Å². The summed E-state index contributed by atoms with van der Waals surface area (Å²) in [6, 6.07) is 5.69. The molecule has 0 radical (unpaired) electrons. The Hall–Kier alpha value is -1.51. The zero-order valence-electron chi connectivity index (χ0n) is 8.88. The molecule has 3 nitrogen and oxygen atoms in total. The van der Waals surface area contributed by atoms with Crippen molar-refractivity contribution in [2.75, 3.05) is 18.5 Å². The second kappa shape index (κ2) is 4.34. The highest BCUT2D eigenvalue weighted by molar-refractivity contribution is 5.90. The number of anilines is 1. The predicted octanol–water partition coefficient (Wildman–Crippen LogP) is 2.22. The van der Waals surface area contributed by atoms with Gasteiger partial charge in [-0.25, -0.2) is 4.79 Å². The van der Waals surface area contributed by atoms with Crippen molar-refractivity contribution in [2.45, 2.75) is 19.8 Å². The molecule has 1 N–H and O–H groups in total. The molecule has 1 aromatic carbocycles. The SMILES string of the molecule is CCCOC(=O)c1ccc2c(c1)CCN2. The van der Waals surface area contributed by atoms with Gasteiger partial charge in [-0.2, -0.15) is 0 Å². The molecule has 1 aliphatic rings. The number of benzene rings is 1. The molecular formula is C12H15NO2. The molecule has 2 rings (SSSR count). The van der Waals surface area contributed by atoms with Gasteiger partial charge in [-0.05, 0) is 36.6 Å². The van der Waals surface area contributed by atoms with E-state index in [9.17, 15) is 4.79 Å². The molecular weight excluding hydrogens is 190 g/mol. The summed E-state index contributed by atoms with van der Waals surface area (Å²) < 4.78 is 5.08. The molecule has 0 fully saturated rings. The number of hydrogen-bond donors (Lipinski definition) is 1. The average molecular weight is 205 g/mol. The van der Waals surface area contributed by atoms with E-state index in [0.717, 1.165) is 25.1 Å². The summed E-state index contributed by atoms with van der Waals surface area (Å²) >= 11 is 0. The van der Waals surface area contributed by atoms with Crippen LogP contribution in [0, 0.1) is 0 Å². The van der Waals surface area contributed by atoms with Crippen LogP contribution >= 0.6 is 0 Å². The molecule has 0 saturated carbocycles. The van der Waals surface area contributed by atoms with Crippen LogP contribution in [-0.2, 0) is 11.2 Å². The zero-order chi connectivity index (χ0) is 10.7. The summed E-state index contributed by atoms with van der Waals surface area (Å²) in [6.45, 7) is 3.44. The lowest BCUT2D eigenvalue weighted by atomic mass is 10.1. The fourth-order valence-electron chi connectivity index (χ4n) is 1.71. The van der Waals surface area contributed by atoms with Crippen LogP contribution in [0.25, 0.3) is 0 Å². The highest BCUT2D eigenvalue weighted by atomic mass is 16.5. The summed E-state index contributed by atoms with van der Waals surface area (Å²) in [5.74, 6) is -0.216. The van der Waals surface area contributed by atoms with Crippen LogP contribution < -0.4 is 5.32 Å². The Balaban J connectivity index is 2.12. The Morgan fingerprint density at radius 1 is 1.53 bits per heavy atom. The lowest BCUT2D eigenvalue weighted by Crippen LogP contribution is -2.06. The van der Waals surface area contributed by atoms with Gasteiger partial charge in [0.1, 0.15) is 0 Å². The Morgan fingerprint density at radius 3 is 3.20 bits per heavy atom. The van der Waals surface area contributed by atoms with Crippen molar-refractivity contribution in [3.8, 4) is 0 Å². The van der Waals surface area contributed by atoms with E-state index in [4.69, 9.17) is 4.74 Å². The molecule has 80 valence electrons. The van der Waals surface area contributed by atoms with Crippen LogP contribution in [0.1, 0.15) is 29.3 Å². The number of carbonyl (C=O) groups is 1. The summed E-state index contributed by atoms with van der Waals surface area (Å²) in [6.07, 6.45) is 1.85. The number of fused-ring (bicyclic) bond motifs is 1. The molecule has 1 aliphatic heterocycles. The van der Waals surface area contributed by atoms with Gasteiger partial charge >= 0.3 is 5.97 Å². The van der Waals surface area contributed by atoms with Gasteiger partial charge in [0.25, 0.3) is 0 Å². The van der Waals surface area contributed by atoms with Crippen molar-refractivity contribution in [1.82, 2.24) is 0 Å². The predicted molar refractivity (Wildman–Crippen MR) is 59.2 cm³/mol. The van der Waals surface area contributed by atoms with Crippen LogP contribution in [0.5, 0.6) is 0 Å². The van der Waals surface area contributed by atoms with Crippen molar-refractivity contribution < 1.29 is 9.53 Å². The summed E-state index contributed by atoms with van der Waals surface area (Å²) in [5, 5.41) is 3.26. The fourth-order valence-corrected chi connectivity index (χ4v) is 1.71. The maximum Gasteiger partial charge on any atom is 0.338 e. The normalized spacial score (nSPS) is 13.1. The smallest absolute Gasteiger partial charge is 0.338 e. The van der Waals surface area contributed by atoms with E-state index >= 15 is 0 Å². The third kappa shape index (κ3) is 2.12. The highest BCUT2D eigenvalue weighted by Crippen LogP contribution is 2.23. The largest absolute Gasteiger partial charge is 0.462 e. The Morgan fingerprint density at radius 2 is 2.40 bits per heavy atom. The van der Waals surface area contributed by atoms with Crippen molar-refractivity contribution in [3.05, 3.63) is 29.3 Å². The van der Waals surface area contributed by atoms with Gasteiger partial charge in [-0.3, -0.25) is 0 Å². The average Bonchev–Trinajstić information content (AvgIpc) is 2.72. The van der Waals surface area contributed by atoms with Gasteiger partial charge < -0.3 is 10.1 Å². The molecule has 0 aliphatic carbocycles. The monoisotopic (exact) mass is 205 g/mol. The number of carbonyl (C=O) groups excluding carboxylic acids is 1. The summed E-state index contributed by atoms with van der Waals surface area (Å²) in [5.41, 5.74) is 3.01. The van der Waals surface area contributed by atoms with Crippen LogP contribution in [0.4, 0.5) is 5.69 Å². The first-order chi connectivity index (χ1) is 7.31. The van der Waals surface area contributed by atoms with Crippen LogP contribution in [0.3, 0.4) is 0 Å². The first-order valence-corrected chi connectivity index (χ1v) is 5.35. The first-order valence-electron chi connectivity index (χ1n) is 5.35. The Labute approximate surface area is 89.4 Å². The molecule has 3 heteroatoms. The number of nitrogens with one attached hydrogen (secondary N) is 1. The molecule has 0 aromatic heterocycles.